The molecule has 0 aromatic heterocycles. The zero-order chi connectivity index (χ0) is 24.3. The second-order valence-electron chi connectivity index (χ2n) is 5.75. The van der Waals surface area contributed by atoms with Gasteiger partial charge in [0.2, 0.25) is 5.90 Å². The summed E-state index contributed by atoms with van der Waals surface area (Å²) >= 11 is 0. The van der Waals surface area contributed by atoms with E-state index >= 15 is 0 Å². The van der Waals surface area contributed by atoms with Gasteiger partial charge in [-0.3, -0.25) is 0 Å². The maximum atomic E-state index is 13.5. The molecule has 0 amide bonds. The van der Waals surface area contributed by atoms with Crippen LogP contribution in [0.2, 0.25) is 0 Å². The van der Waals surface area contributed by atoms with Crippen molar-refractivity contribution >= 4 is 11.8 Å². The van der Waals surface area contributed by atoms with E-state index in [-0.39, 0.29) is 24.3 Å². The van der Waals surface area contributed by atoms with Crippen molar-refractivity contribution in [3.05, 3.63) is 35.4 Å². The highest BCUT2D eigenvalue weighted by molar-refractivity contribution is 6.05. The van der Waals surface area contributed by atoms with Gasteiger partial charge in [-0.15, -0.1) is 0 Å². The highest BCUT2D eigenvalue weighted by Crippen LogP contribution is 2.50. The van der Waals surface area contributed by atoms with Crippen molar-refractivity contribution in [2.75, 3.05) is 0 Å². The highest BCUT2D eigenvalue weighted by Gasteiger charge is 2.76. The van der Waals surface area contributed by atoms with Gasteiger partial charge >= 0.3 is 36.3 Å². The molecule has 0 atom stereocenters. The topological polar surface area (TPSA) is 34.0 Å². The Balaban J connectivity index is 2.77. The molecule has 1 aromatic carbocycles. The van der Waals surface area contributed by atoms with Crippen LogP contribution in [0.3, 0.4) is 0 Å². The molecule has 0 aliphatic carbocycles. The van der Waals surface area contributed by atoms with Gasteiger partial charge in [0.25, 0.3) is 5.90 Å². The summed E-state index contributed by atoms with van der Waals surface area (Å²) in [4.78, 5) is 3.47. The Morgan fingerprint density at radius 2 is 1.10 bits per heavy atom. The van der Waals surface area contributed by atoms with Crippen LogP contribution in [0.5, 0.6) is 0 Å². The molecule has 0 saturated carbocycles. The number of hydrogen-bond acceptors (Lipinski definition) is 3. The van der Waals surface area contributed by atoms with Gasteiger partial charge in [0.1, 0.15) is 0 Å². The summed E-state index contributed by atoms with van der Waals surface area (Å²) in [6, 6.07) is 0.510. The van der Waals surface area contributed by atoms with E-state index in [0.717, 1.165) is 0 Å². The standard InChI is InChI=1S/C14H4F14N2O/c15-9(16,12(20,21)22)8-30-11(13(23,24)25,14(26,27)28)29-7(31-8)5-1-3-6(4-2-5)10(17,18)19/h1-4H. The van der Waals surface area contributed by atoms with E-state index in [1.54, 1.807) is 0 Å². The Kier molecular flexibility index (Phi) is 5.52. The largest absolute Gasteiger partial charge is 0.463 e. The third-order valence-corrected chi connectivity index (χ3v) is 3.59. The van der Waals surface area contributed by atoms with E-state index in [0.29, 0.717) is 0 Å². The van der Waals surface area contributed by atoms with Crippen LogP contribution in [0.15, 0.2) is 34.3 Å². The molecule has 1 heterocycles. The van der Waals surface area contributed by atoms with Crippen LogP contribution in [-0.2, 0) is 10.9 Å². The van der Waals surface area contributed by atoms with Crippen LogP contribution in [0.1, 0.15) is 11.1 Å². The maximum Gasteiger partial charge on any atom is 0.463 e. The van der Waals surface area contributed by atoms with Gasteiger partial charge in [-0.1, -0.05) is 0 Å². The summed E-state index contributed by atoms with van der Waals surface area (Å²) < 4.78 is 185. The minimum absolute atomic E-state index is 0.0946. The van der Waals surface area contributed by atoms with Gasteiger partial charge in [-0.2, -0.15) is 61.5 Å². The van der Waals surface area contributed by atoms with Gasteiger partial charge in [0.15, 0.2) is 0 Å². The molecule has 174 valence electrons. The lowest BCUT2D eigenvalue weighted by Gasteiger charge is -2.35. The summed E-state index contributed by atoms with van der Waals surface area (Å²) in [5.41, 5.74) is -8.52. The van der Waals surface area contributed by atoms with Crippen molar-refractivity contribution in [3.63, 3.8) is 0 Å². The van der Waals surface area contributed by atoms with Crippen molar-refractivity contribution in [2.45, 2.75) is 36.3 Å². The number of aliphatic imine (C=N–C) groups is 2. The predicted octanol–water partition coefficient (Wildman–Crippen LogP) is 5.90. The first-order valence-electron chi connectivity index (χ1n) is 7.27. The van der Waals surface area contributed by atoms with E-state index in [1.807, 2.05) is 4.99 Å². The van der Waals surface area contributed by atoms with E-state index < -0.39 is 59.2 Å². The first-order chi connectivity index (χ1) is 13.6. The van der Waals surface area contributed by atoms with E-state index in [9.17, 15) is 61.5 Å². The van der Waals surface area contributed by atoms with Gasteiger partial charge in [-0.05, 0) is 24.3 Å². The molecule has 0 radical (unpaired) electrons. The lowest BCUT2D eigenvalue weighted by atomic mass is 10.1. The highest BCUT2D eigenvalue weighted by atomic mass is 19.4. The second-order valence-corrected chi connectivity index (χ2v) is 5.75. The van der Waals surface area contributed by atoms with Crippen LogP contribution in [0.25, 0.3) is 0 Å². The smallest absolute Gasteiger partial charge is 0.418 e. The minimum Gasteiger partial charge on any atom is -0.418 e. The van der Waals surface area contributed by atoms with Crippen molar-refractivity contribution in [1.82, 2.24) is 0 Å². The van der Waals surface area contributed by atoms with Gasteiger partial charge < -0.3 is 4.74 Å². The van der Waals surface area contributed by atoms with Gasteiger partial charge in [0.05, 0.1) is 5.56 Å². The predicted molar refractivity (Wildman–Crippen MR) is 72.3 cm³/mol. The molecule has 17 heteroatoms. The zero-order valence-corrected chi connectivity index (χ0v) is 13.9. The normalized spacial score (nSPS) is 18.3. The second kappa shape index (κ2) is 6.94. The average Bonchev–Trinajstić information content (AvgIpc) is 2.57. The number of rotatable bonds is 2. The first-order valence-corrected chi connectivity index (χ1v) is 7.27. The number of nitrogens with zero attached hydrogens (tertiary/aromatic N) is 2. The molecule has 0 saturated heterocycles. The number of alkyl halides is 14. The monoisotopic (exact) mass is 482 g/mol. The molecule has 1 aliphatic rings. The third-order valence-electron chi connectivity index (χ3n) is 3.59. The van der Waals surface area contributed by atoms with Crippen molar-refractivity contribution in [2.24, 2.45) is 9.98 Å². The summed E-state index contributed by atoms with van der Waals surface area (Å²) in [6.45, 7) is 0. The maximum absolute atomic E-state index is 13.5. The summed E-state index contributed by atoms with van der Waals surface area (Å²) in [5, 5.41) is 0. The molecule has 2 rings (SSSR count). The number of benzene rings is 1. The lowest BCUT2D eigenvalue weighted by molar-refractivity contribution is -0.296. The van der Waals surface area contributed by atoms with Crippen molar-refractivity contribution < 1.29 is 66.2 Å². The summed E-state index contributed by atoms with van der Waals surface area (Å²) in [6.07, 6.45) is -25.2. The molecule has 0 spiro atoms. The van der Waals surface area contributed by atoms with Gasteiger partial charge in [0, 0.05) is 5.56 Å². The molecule has 0 bridgehead atoms. The molecule has 0 fully saturated rings. The Bertz CT molecular complexity index is 872. The molecule has 1 aliphatic heterocycles. The van der Waals surface area contributed by atoms with Crippen LogP contribution >= 0.6 is 0 Å². The zero-order valence-electron chi connectivity index (χ0n) is 13.9. The van der Waals surface area contributed by atoms with Crippen molar-refractivity contribution in [1.29, 1.82) is 0 Å². The third kappa shape index (κ3) is 4.26. The fourth-order valence-electron chi connectivity index (χ4n) is 2.05. The summed E-state index contributed by atoms with van der Waals surface area (Å²) in [5.74, 6) is -11.9. The fraction of sp³-hybridized carbons (Fsp3) is 0.429. The average molecular weight is 482 g/mol. The molecular formula is C14H4F14N2O. The van der Waals surface area contributed by atoms with Crippen molar-refractivity contribution in [3.8, 4) is 0 Å². The number of hydrogen-bond donors (Lipinski definition) is 0. The quantitative estimate of drug-likeness (QED) is 0.484. The molecule has 31 heavy (non-hydrogen) atoms. The SMILES string of the molecule is FC(F)(F)c1ccc(C2=NC(C(F)(F)F)(C(F)(F)F)N=C(C(F)(F)C(F)(F)F)O2)cc1. The van der Waals surface area contributed by atoms with Crippen LogP contribution in [-0.4, -0.2) is 41.9 Å². The minimum atomic E-state index is -6.74. The van der Waals surface area contributed by atoms with Crippen LogP contribution in [0.4, 0.5) is 61.5 Å². The Morgan fingerprint density at radius 1 is 0.645 bits per heavy atom. The van der Waals surface area contributed by atoms with Gasteiger partial charge in [-0.25, -0.2) is 9.98 Å². The Labute approximate surface area is 161 Å². The molecular weight excluding hydrogens is 478 g/mol. The number of ether oxygens (including phenoxy) is 1. The van der Waals surface area contributed by atoms with Crippen LogP contribution in [0, 0.1) is 0 Å². The Hall–Kier alpha value is -2.62. The fourth-order valence-corrected chi connectivity index (χ4v) is 2.05. The summed E-state index contributed by atoms with van der Waals surface area (Å²) in [7, 11) is 0. The Morgan fingerprint density at radius 3 is 1.45 bits per heavy atom. The molecule has 0 unspecified atom stereocenters. The molecule has 3 nitrogen and oxygen atoms in total. The van der Waals surface area contributed by atoms with E-state index in [1.165, 1.54) is 4.99 Å². The molecule has 1 aromatic rings. The first kappa shape index (κ1) is 24.6. The van der Waals surface area contributed by atoms with E-state index in [2.05, 4.69) is 4.74 Å². The van der Waals surface area contributed by atoms with Crippen LogP contribution < -0.4 is 0 Å². The molecule has 0 N–H and O–H groups in total. The lowest BCUT2D eigenvalue weighted by Crippen LogP contribution is -2.59. The number of halogens is 14. The van der Waals surface area contributed by atoms with E-state index in [4.69, 9.17) is 0 Å².